The molecule has 6 nitrogen and oxygen atoms in total. The molecule has 0 N–H and O–H groups in total. The van der Waals surface area contributed by atoms with Crippen molar-refractivity contribution in [2.75, 3.05) is 44.2 Å². The smallest absolute Gasteiger partial charge is 0.242 e. The molecule has 2 heterocycles. The Kier molecular flexibility index (Phi) is 9.38. The number of carbonyl (C=O) groups excluding carboxylic acids is 1. The molecule has 0 radical (unpaired) electrons. The Bertz CT molecular complexity index is 1350. The Morgan fingerprint density at radius 2 is 1.59 bits per heavy atom. The van der Waals surface area contributed by atoms with Crippen molar-refractivity contribution in [3.63, 3.8) is 0 Å². The summed E-state index contributed by atoms with van der Waals surface area (Å²) >= 11 is 7.37. The number of amides is 1. The Balaban J connectivity index is 1.19. The van der Waals surface area contributed by atoms with E-state index in [9.17, 15) is 4.79 Å². The normalized spacial score (nSPS) is 14.1. The van der Waals surface area contributed by atoms with Crippen LogP contribution in [0, 0.1) is 0 Å². The Morgan fingerprint density at radius 1 is 0.897 bits per heavy atom. The first kappa shape index (κ1) is 27.1. The van der Waals surface area contributed by atoms with E-state index in [0.717, 1.165) is 54.8 Å². The molecular formula is C31H32ClN5OS. The third-order valence-corrected chi connectivity index (χ3v) is 7.81. The quantitative estimate of drug-likeness (QED) is 0.252. The molecule has 1 amide bonds. The average molecular weight is 558 g/mol. The fourth-order valence-corrected chi connectivity index (χ4v) is 5.38. The summed E-state index contributed by atoms with van der Waals surface area (Å²) in [6.07, 6.45) is 4.98. The van der Waals surface area contributed by atoms with Gasteiger partial charge < -0.3 is 9.80 Å². The van der Waals surface area contributed by atoms with Gasteiger partial charge in [-0.2, -0.15) is 4.37 Å². The second-order valence-electron chi connectivity index (χ2n) is 9.63. The van der Waals surface area contributed by atoms with Crippen LogP contribution in [-0.4, -0.2) is 64.3 Å². The molecule has 1 saturated heterocycles. The molecule has 3 aromatic carbocycles. The van der Waals surface area contributed by atoms with E-state index in [1.807, 2.05) is 65.6 Å². The van der Waals surface area contributed by atoms with E-state index in [4.69, 9.17) is 16.6 Å². The second kappa shape index (κ2) is 13.5. The van der Waals surface area contributed by atoms with Crippen LogP contribution >= 0.6 is 23.1 Å². The number of hydrogen-bond acceptors (Lipinski definition) is 6. The molecule has 1 aliphatic rings. The number of rotatable bonds is 10. The topological polar surface area (TPSA) is 52.6 Å². The zero-order chi connectivity index (χ0) is 26.9. The summed E-state index contributed by atoms with van der Waals surface area (Å²) in [6.45, 7) is 4.97. The lowest BCUT2D eigenvalue weighted by Crippen LogP contribution is -2.51. The fraction of sp³-hybridized carbons (Fsp3) is 0.258. The van der Waals surface area contributed by atoms with Crippen molar-refractivity contribution in [3.8, 4) is 0 Å². The number of benzene rings is 3. The maximum absolute atomic E-state index is 13.4. The molecule has 0 saturated carbocycles. The van der Waals surface area contributed by atoms with Crippen LogP contribution in [0.4, 0.5) is 5.13 Å². The van der Waals surface area contributed by atoms with Crippen molar-refractivity contribution < 1.29 is 4.79 Å². The van der Waals surface area contributed by atoms with Crippen LogP contribution in [0.15, 0.2) is 91.0 Å². The summed E-state index contributed by atoms with van der Waals surface area (Å²) in [6, 6.07) is 28.3. The van der Waals surface area contributed by atoms with Gasteiger partial charge in [0.05, 0.1) is 6.54 Å². The molecule has 5 rings (SSSR count). The van der Waals surface area contributed by atoms with E-state index < -0.39 is 0 Å². The van der Waals surface area contributed by atoms with Gasteiger partial charge in [0, 0.05) is 62.2 Å². The first-order valence-corrected chi connectivity index (χ1v) is 14.3. The van der Waals surface area contributed by atoms with Crippen LogP contribution in [0.2, 0.25) is 5.02 Å². The summed E-state index contributed by atoms with van der Waals surface area (Å²) in [5, 5.41) is 1.48. The molecular weight excluding hydrogens is 526 g/mol. The monoisotopic (exact) mass is 557 g/mol. The molecule has 0 atom stereocenters. The fourth-order valence-electron chi connectivity index (χ4n) is 4.57. The molecule has 8 heteroatoms. The largest absolute Gasteiger partial charge is 0.339 e. The molecule has 200 valence electrons. The molecule has 1 fully saturated rings. The Morgan fingerprint density at radius 3 is 2.31 bits per heavy atom. The third kappa shape index (κ3) is 7.99. The van der Waals surface area contributed by atoms with E-state index >= 15 is 0 Å². The van der Waals surface area contributed by atoms with Crippen LogP contribution < -0.4 is 4.90 Å². The SMILES string of the molecule is O=C(CN(Cc1ccccc1)c1nc(Cc2ccc(Cl)cc2)ns1)N1CCN(C/C=C/c2ccccc2)CC1. The second-order valence-corrected chi connectivity index (χ2v) is 10.8. The van der Waals surface area contributed by atoms with Crippen molar-refractivity contribution in [1.82, 2.24) is 19.2 Å². The van der Waals surface area contributed by atoms with Crippen molar-refractivity contribution in [1.29, 1.82) is 0 Å². The minimum absolute atomic E-state index is 0.125. The van der Waals surface area contributed by atoms with Gasteiger partial charge in [-0.3, -0.25) is 9.69 Å². The molecule has 0 bridgehead atoms. The predicted octanol–water partition coefficient (Wildman–Crippen LogP) is 5.65. The van der Waals surface area contributed by atoms with E-state index in [2.05, 4.69) is 50.6 Å². The van der Waals surface area contributed by atoms with Crippen molar-refractivity contribution in [2.24, 2.45) is 0 Å². The van der Waals surface area contributed by atoms with Crippen LogP contribution in [-0.2, 0) is 17.8 Å². The van der Waals surface area contributed by atoms with Crippen LogP contribution in [0.25, 0.3) is 6.08 Å². The molecule has 0 unspecified atom stereocenters. The van der Waals surface area contributed by atoms with E-state index in [1.54, 1.807) is 0 Å². The van der Waals surface area contributed by atoms with Crippen molar-refractivity contribution in [3.05, 3.63) is 119 Å². The van der Waals surface area contributed by atoms with Gasteiger partial charge in [0.25, 0.3) is 0 Å². The number of carbonyl (C=O) groups is 1. The van der Waals surface area contributed by atoms with E-state index in [0.29, 0.717) is 18.0 Å². The highest BCUT2D eigenvalue weighted by atomic mass is 35.5. The summed E-state index contributed by atoms with van der Waals surface area (Å²) in [5.41, 5.74) is 3.44. The molecule has 1 aromatic heterocycles. The molecule has 0 aliphatic carbocycles. The van der Waals surface area contributed by atoms with Gasteiger partial charge in [0.2, 0.25) is 11.0 Å². The van der Waals surface area contributed by atoms with Crippen LogP contribution in [0.5, 0.6) is 0 Å². The number of hydrogen-bond donors (Lipinski definition) is 0. The van der Waals surface area contributed by atoms with E-state index in [-0.39, 0.29) is 12.5 Å². The van der Waals surface area contributed by atoms with E-state index in [1.165, 1.54) is 17.1 Å². The molecule has 0 spiro atoms. The van der Waals surface area contributed by atoms with Crippen LogP contribution in [0.3, 0.4) is 0 Å². The summed E-state index contributed by atoms with van der Waals surface area (Å²) in [7, 11) is 0. The number of nitrogens with zero attached hydrogens (tertiary/aromatic N) is 5. The van der Waals surface area contributed by atoms with Crippen molar-refractivity contribution in [2.45, 2.75) is 13.0 Å². The Hall–Kier alpha value is -3.52. The lowest BCUT2D eigenvalue weighted by molar-refractivity contribution is -0.131. The van der Waals surface area contributed by atoms with Gasteiger partial charge in [0.1, 0.15) is 5.82 Å². The lowest BCUT2D eigenvalue weighted by atomic mass is 10.1. The van der Waals surface area contributed by atoms with Gasteiger partial charge in [-0.15, -0.1) is 0 Å². The first-order valence-electron chi connectivity index (χ1n) is 13.2. The minimum Gasteiger partial charge on any atom is -0.339 e. The first-order chi connectivity index (χ1) is 19.1. The molecule has 1 aliphatic heterocycles. The summed E-state index contributed by atoms with van der Waals surface area (Å²) in [5.74, 6) is 0.875. The summed E-state index contributed by atoms with van der Waals surface area (Å²) < 4.78 is 4.59. The minimum atomic E-state index is 0.125. The Labute approximate surface area is 239 Å². The predicted molar refractivity (Wildman–Crippen MR) is 160 cm³/mol. The molecule has 39 heavy (non-hydrogen) atoms. The van der Waals surface area contributed by atoms with Gasteiger partial charge in [-0.25, -0.2) is 4.98 Å². The number of piperazine rings is 1. The zero-order valence-electron chi connectivity index (χ0n) is 21.8. The van der Waals surface area contributed by atoms with Gasteiger partial charge in [0.15, 0.2) is 0 Å². The number of halogens is 1. The van der Waals surface area contributed by atoms with Crippen LogP contribution in [0.1, 0.15) is 22.5 Å². The highest BCUT2D eigenvalue weighted by molar-refractivity contribution is 7.09. The van der Waals surface area contributed by atoms with Gasteiger partial charge in [-0.1, -0.05) is 96.5 Å². The maximum Gasteiger partial charge on any atom is 0.242 e. The number of anilines is 1. The highest BCUT2D eigenvalue weighted by Gasteiger charge is 2.24. The average Bonchev–Trinajstić information content (AvgIpc) is 3.44. The number of aromatic nitrogens is 2. The maximum atomic E-state index is 13.4. The van der Waals surface area contributed by atoms with Crippen molar-refractivity contribution >= 4 is 40.2 Å². The molecule has 4 aromatic rings. The highest BCUT2D eigenvalue weighted by Crippen LogP contribution is 2.22. The zero-order valence-corrected chi connectivity index (χ0v) is 23.4. The summed E-state index contributed by atoms with van der Waals surface area (Å²) in [4.78, 5) is 24.6. The van der Waals surface area contributed by atoms with Gasteiger partial charge in [-0.05, 0) is 28.8 Å². The third-order valence-electron chi connectivity index (χ3n) is 6.74. The van der Waals surface area contributed by atoms with Gasteiger partial charge >= 0.3 is 0 Å². The lowest BCUT2D eigenvalue weighted by Gasteiger charge is -2.35. The standard InChI is InChI=1S/C31H32ClN5OS/c32-28-15-13-26(14-16-28)22-29-33-31(39-34-29)37(23-27-10-5-2-6-11-27)24-30(38)36-20-18-35(19-21-36)17-7-12-25-8-3-1-4-9-25/h1-16H,17-24H2/b12-7+.